The Balaban J connectivity index is 1.68. The molecule has 8 heteroatoms. The summed E-state index contributed by atoms with van der Waals surface area (Å²) in [6.07, 6.45) is 2.50. The van der Waals surface area contributed by atoms with E-state index in [0.29, 0.717) is 26.3 Å². The summed E-state index contributed by atoms with van der Waals surface area (Å²) in [6, 6.07) is 13.8. The first kappa shape index (κ1) is 20.2. The number of morpholine rings is 1. The van der Waals surface area contributed by atoms with Crippen molar-refractivity contribution in [3.63, 3.8) is 0 Å². The first-order valence-electron chi connectivity index (χ1n) is 9.11. The van der Waals surface area contributed by atoms with Crippen LogP contribution in [0.5, 0.6) is 0 Å². The maximum absolute atomic E-state index is 12.7. The van der Waals surface area contributed by atoms with Crippen LogP contribution in [0.4, 0.5) is 0 Å². The molecule has 0 aromatic heterocycles. The lowest BCUT2D eigenvalue weighted by Gasteiger charge is -2.26. The number of carbonyl (C=O) groups is 1. The van der Waals surface area contributed by atoms with Crippen molar-refractivity contribution in [3.8, 4) is 0 Å². The van der Waals surface area contributed by atoms with Crippen LogP contribution in [0, 0.1) is 0 Å². The van der Waals surface area contributed by atoms with E-state index in [-0.39, 0.29) is 10.5 Å². The maximum Gasteiger partial charge on any atom is 0.271 e. The van der Waals surface area contributed by atoms with Crippen molar-refractivity contribution in [2.75, 3.05) is 26.3 Å². The second-order valence-electron chi connectivity index (χ2n) is 6.34. The molecule has 0 aliphatic carbocycles. The molecule has 7 nitrogen and oxygen atoms in total. The van der Waals surface area contributed by atoms with Crippen molar-refractivity contribution >= 4 is 22.1 Å². The minimum Gasteiger partial charge on any atom is -0.379 e. The molecule has 1 fully saturated rings. The largest absolute Gasteiger partial charge is 0.379 e. The highest BCUT2D eigenvalue weighted by atomic mass is 32.2. The zero-order chi connectivity index (χ0) is 20.0. The zero-order valence-corrected chi connectivity index (χ0v) is 16.5. The van der Waals surface area contributed by atoms with Gasteiger partial charge in [-0.05, 0) is 35.7 Å². The van der Waals surface area contributed by atoms with E-state index in [1.807, 2.05) is 24.3 Å². The number of nitrogens with zero attached hydrogens (tertiary/aromatic N) is 2. The van der Waals surface area contributed by atoms with E-state index >= 15 is 0 Å². The van der Waals surface area contributed by atoms with Gasteiger partial charge in [-0.2, -0.15) is 9.41 Å². The number of aryl methyl sites for hydroxylation is 1. The number of hydrazone groups is 1. The van der Waals surface area contributed by atoms with Gasteiger partial charge in [0.05, 0.1) is 24.3 Å². The highest BCUT2D eigenvalue weighted by Gasteiger charge is 2.26. The quantitative estimate of drug-likeness (QED) is 0.593. The molecule has 1 aliphatic rings. The standard InChI is InChI=1S/C20H23N3O4S/c1-2-16-6-8-17(9-7-16)15-21-22-20(24)18-4-3-5-19(14-18)28(25,26)23-10-12-27-13-11-23/h3-9,14-15H,2,10-13H2,1H3,(H,22,24)/b21-15-. The lowest BCUT2D eigenvalue weighted by molar-refractivity contribution is 0.0730. The smallest absolute Gasteiger partial charge is 0.271 e. The van der Waals surface area contributed by atoms with Crippen LogP contribution in [0.2, 0.25) is 0 Å². The molecule has 0 radical (unpaired) electrons. The fraction of sp³-hybridized carbons (Fsp3) is 0.300. The Kier molecular flexibility index (Phi) is 6.56. The van der Waals surface area contributed by atoms with E-state index in [1.165, 1.54) is 22.0 Å². The second-order valence-corrected chi connectivity index (χ2v) is 8.28. The molecule has 2 aromatic carbocycles. The lowest BCUT2D eigenvalue weighted by Crippen LogP contribution is -2.40. The van der Waals surface area contributed by atoms with Gasteiger partial charge >= 0.3 is 0 Å². The predicted octanol–water partition coefficient (Wildman–Crippen LogP) is 2.03. The molecule has 3 rings (SSSR count). The predicted molar refractivity (Wildman–Crippen MR) is 107 cm³/mol. The number of hydrogen-bond acceptors (Lipinski definition) is 5. The molecule has 1 amide bonds. The van der Waals surface area contributed by atoms with Crippen LogP contribution in [-0.4, -0.2) is 51.1 Å². The van der Waals surface area contributed by atoms with Crippen LogP contribution < -0.4 is 5.43 Å². The maximum atomic E-state index is 12.7. The number of sulfonamides is 1. The minimum absolute atomic E-state index is 0.0844. The van der Waals surface area contributed by atoms with E-state index in [0.717, 1.165) is 12.0 Å². The van der Waals surface area contributed by atoms with Crippen molar-refractivity contribution in [3.05, 3.63) is 65.2 Å². The first-order valence-corrected chi connectivity index (χ1v) is 10.5. The molecule has 1 aliphatic heterocycles. The molecule has 0 saturated carbocycles. The van der Waals surface area contributed by atoms with Gasteiger partial charge in [-0.3, -0.25) is 4.79 Å². The highest BCUT2D eigenvalue weighted by Crippen LogP contribution is 2.18. The Bertz CT molecular complexity index is 950. The van der Waals surface area contributed by atoms with E-state index in [4.69, 9.17) is 4.74 Å². The molecule has 148 valence electrons. The molecule has 0 atom stereocenters. The summed E-state index contributed by atoms with van der Waals surface area (Å²) in [5, 5.41) is 3.95. The normalized spacial score (nSPS) is 15.6. The molecule has 1 N–H and O–H groups in total. The Morgan fingerprint density at radius 2 is 1.89 bits per heavy atom. The Labute approximate surface area is 165 Å². The number of nitrogens with one attached hydrogen (secondary N) is 1. The lowest BCUT2D eigenvalue weighted by atomic mass is 10.1. The summed E-state index contributed by atoms with van der Waals surface area (Å²) in [7, 11) is -3.65. The number of carbonyl (C=O) groups excluding carboxylic acids is 1. The van der Waals surface area contributed by atoms with E-state index < -0.39 is 15.9 Å². The van der Waals surface area contributed by atoms with Crippen molar-refractivity contribution in [2.45, 2.75) is 18.2 Å². The third-order valence-corrected chi connectivity index (χ3v) is 6.37. The van der Waals surface area contributed by atoms with Crippen molar-refractivity contribution in [1.82, 2.24) is 9.73 Å². The Morgan fingerprint density at radius 1 is 1.18 bits per heavy atom. The van der Waals surface area contributed by atoms with Gasteiger partial charge in [0.1, 0.15) is 0 Å². The number of amides is 1. The van der Waals surface area contributed by atoms with Crippen molar-refractivity contribution in [1.29, 1.82) is 0 Å². The van der Waals surface area contributed by atoms with Gasteiger partial charge in [-0.1, -0.05) is 37.3 Å². The average molecular weight is 401 g/mol. The summed E-state index contributed by atoms with van der Waals surface area (Å²) >= 11 is 0. The molecular weight excluding hydrogens is 378 g/mol. The van der Waals surface area contributed by atoms with E-state index in [1.54, 1.807) is 18.3 Å². The average Bonchev–Trinajstić information content (AvgIpc) is 2.75. The molecule has 0 spiro atoms. The highest BCUT2D eigenvalue weighted by molar-refractivity contribution is 7.89. The molecule has 2 aromatic rings. The molecule has 28 heavy (non-hydrogen) atoms. The van der Waals surface area contributed by atoms with Gasteiger partial charge < -0.3 is 4.74 Å². The van der Waals surface area contributed by atoms with Crippen LogP contribution in [0.15, 0.2) is 58.5 Å². The topological polar surface area (TPSA) is 88.1 Å². The minimum atomic E-state index is -3.65. The third kappa shape index (κ3) is 4.83. The molecule has 0 unspecified atom stereocenters. The first-order chi connectivity index (χ1) is 13.5. The van der Waals surface area contributed by atoms with Gasteiger partial charge in [-0.15, -0.1) is 0 Å². The van der Waals surface area contributed by atoms with Gasteiger partial charge in [0.2, 0.25) is 10.0 Å². The third-order valence-electron chi connectivity index (χ3n) is 4.47. The summed E-state index contributed by atoms with van der Waals surface area (Å²) in [4.78, 5) is 12.4. The van der Waals surface area contributed by atoms with Gasteiger partial charge in [-0.25, -0.2) is 13.8 Å². The van der Waals surface area contributed by atoms with Crippen LogP contribution in [0.3, 0.4) is 0 Å². The Morgan fingerprint density at radius 3 is 2.57 bits per heavy atom. The van der Waals surface area contributed by atoms with E-state index in [2.05, 4.69) is 17.5 Å². The van der Waals surface area contributed by atoms with Gasteiger partial charge in [0, 0.05) is 18.7 Å². The van der Waals surface area contributed by atoms with Crippen LogP contribution >= 0.6 is 0 Å². The molecule has 0 bridgehead atoms. The molecule has 1 saturated heterocycles. The molecule has 1 heterocycles. The number of ether oxygens (including phenoxy) is 1. The number of rotatable bonds is 6. The van der Waals surface area contributed by atoms with Crippen LogP contribution in [0.25, 0.3) is 0 Å². The SMILES string of the molecule is CCc1ccc(/C=N\NC(=O)c2cccc(S(=O)(=O)N3CCOCC3)c2)cc1. The van der Waals surface area contributed by atoms with Crippen molar-refractivity contribution < 1.29 is 17.9 Å². The summed E-state index contributed by atoms with van der Waals surface area (Å²) in [6.45, 7) is 3.43. The monoisotopic (exact) mass is 401 g/mol. The Hall–Kier alpha value is -2.55. The van der Waals surface area contributed by atoms with Gasteiger partial charge in [0.15, 0.2) is 0 Å². The summed E-state index contributed by atoms with van der Waals surface area (Å²) < 4.78 is 32.0. The second kappa shape index (κ2) is 9.09. The summed E-state index contributed by atoms with van der Waals surface area (Å²) in [5.74, 6) is -0.472. The van der Waals surface area contributed by atoms with Crippen LogP contribution in [0.1, 0.15) is 28.4 Å². The van der Waals surface area contributed by atoms with E-state index in [9.17, 15) is 13.2 Å². The number of hydrogen-bond donors (Lipinski definition) is 1. The fourth-order valence-electron chi connectivity index (χ4n) is 2.80. The van der Waals surface area contributed by atoms with Gasteiger partial charge in [0.25, 0.3) is 5.91 Å². The zero-order valence-electron chi connectivity index (χ0n) is 15.7. The molecular formula is C20H23N3O4S. The fourth-order valence-corrected chi connectivity index (χ4v) is 4.26. The summed E-state index contributed by atoms with van der Waals surface area (Å²) in [5.41, 5.74) is 4.75. The van der Waals surface area contributed by atoms with Crippen LogP contribution in [-0.2, 0) is 21.2 Å². The van der Waals surface area contributed by atoms with Crippen molar-refractivity contribution in [2.24, 2.45) is 5.10 Å². The number of benzene rings is 2.